The molecule has 0 radical (unpaired) electrons. The molecule has 82 valence electrons. The molecule has 0 saturated heterocycles. The number of hydrogen-bond donors (Lipinski definition) is 0. The Morgan fingerprint density at radius 3 is 2.81 bits per heavy atom. The molecule has 0 amide bonds. The Bertz CT molecular complexity index is 587. The zero-order chi connectivity index (χ0) is 12.4. The summed E-state index contributed by atoms with van der Waals surface area (Å²) in [6.45, 7) is 3.78. The van der Waals surface area contributed by atoms with Crippen molar-refractivity contribution in [2.24, 2.45) is 0 Å². The summed E-state index contributed by atoms with van der Waals surface area (Å²) in [5.74, 6) is 0. The Hall–Kier alpha value is -1.83. The van der Waals surface area contributed by atoms with Crippen molar-refractivity contribution in [1.29, 1.82) is 0 Å². The lowest BCUT2D eigenvalue weighted by Crippen LogP contribution is -2.17. The summed E-state index contributed by atoms with van der Waals surface area (Å²) < 4.78 is 9.27. The van der Waals surface area contributed by atoms with Crippen LogP contribution in [0.15, 0.2) is 47.4 Å². The maximum Gasteiger partial charge on any atom is 0.255 e. The molecule has 0 spiro atoms. The van der Waals surface area contributed by atoms with Gasteiger partial charge in [0.1, 0.15) is 0 Å². The maximum absolute atomic E-state index is 11.8. The van der Waals surface area contributed by atoms with Crippen molar-refractivity contribution < 1.29 is 1.37 Å². The van der Waals surface area contributed by atoms with E-state index in [9.17, 15) is 4.79 Å². The number of aryl methyl sites for hydroxylation is 2. The Morgan fingerprint density at radius 2 is 2.12 bits per heavy atom. The van der Waals surface area contributed by atoms with Crippen molar-refractivity contribution in [2.45, 2.75) is 20.2 Å². The van der Waals surface area contributed by atoms with Gasteiger partial charge in [0.05, 0.1) is 0 Å². The lowest BCUT2D eigenvalue weighted by atomic mass is 10.2. The normalized spacial score (nSPS) is 13.2. The first kappa shape index (κ1) is 9.40. The fraction of sp³-hybridized carbons (Fsp3) is 0.214. The molecule has 2 heteroatoms. The average Bonchev–Trinajstić information content (AvgIpc) is 2.29. The summed E-state index contributed by atoms with van der Waals surface area (Å²) in [7, 11) is 0. The largest absolute Gasteiger partial charge is 0.284 e. The Kier molecular flexibility index (Phi) is 2.56. The molecule has 2 aromatic rings. The summed E-state index contributed by atoms with van der Waals surface area (Å²) in [6, 6.07) is 11.0. The standard InChI is InChI=1S/C14H15NO/c1-3-12-7-8-14(16)15(10-12)13-6-4-5-11(2)9-13/h4-10H,3H2,1-2H3/i3D. The van der Waals surface area contributed by atoms with E-state index in [0.717, 1.165) is 16.8 Å². The van der Waals surface area contributed by atoms with Crippen molar-refractivity contribution >= 4 is 0 Å². The third kappa shape index (κ3) is 2.06. The van der Waals surface area contributed by atoms with Crippen LogP contribution in [0, 0.1) is 6.92 Å². The van der Waals surface area contributed by atoms with E-state index < -0.39 is 0 Å². The van der Waals surface area contributed by atoms with E-state index in [1.807, 2.05) is 31.2 Å². The van der Waals surface area contributed by atoms with Gasteiger partial charge in [0.2, 0.25) is 0 Å². The van der Waals surface area contributed by atoms with Gasteiger partial charge in [0.25, 0.3) is 5.56 Å². The van der Waals surface area contributed by atoms with Crippen LogP contribution >= 0.6 is 0 Å². The molecule has 2 nitrogen and oxygen atoms in total. The monoisotopic (exact) mass is 214 g/mol. The highest BCUT2D eigenvalue weighted by molar-refractivity contribution is 5.36. The zero-order valence-corrected chi connectivity index (χ0v) is 9.47. The molecule has 2 rings (SSSR count). The quantitative estimate of drug-likeness (QED) is 0.753. The lowest BCUT2D eigenvalue weighted by Gasteiger charge is -2.07. The lowest BCUT2D eigenvalue weighted by molar-refractivity contribution is 0.951. The maximum atomic E-state index is 11.8. The van der Waals surface area contributed by atoms with Crippen LogP contribution in [0.1, 0.15) is 19.4 Å². The topological polar surface area (TPSA) is 22.0 Å². The molecule has 0 fully saturated rings. The Labute approximate surface area is 96.6 Å². The van der Waals surface area contributed by atoms with E-state index in [1.54, 1.807) is 23.8 Å². The summed E-state index contributed by atoms with van der Waals surface area (Å²) in [4.78, 5) is 11.8. The number of rotatable bonds is 2. The molecule has 1 unspecified atom stereocenters. The fourth-order valence-electron chi connectivity index (χ4n) is 1.65. The van der Waals surface area contributed by atoms with Crippen LogP contribution in [0.25, 0.3) is 5.69 Å². The predicted molar refractivity (Wildman–Crippen MR) is 66.2 cm³/mol. The summed E-state index contributed by atoms with van der Waals surface area (Å²) in [6.07, 6.45) is 1.42. The van der Waals surface area contributed by atoms with Gasteiger partial charge in [-0.1, -0.05) is 25.1 Å². The predicted octanol–water partition coefficient (Wildman–Crippen LogP) is 2.71. The van der Waals surface area contributed by atoms with Crippen molar-refractivity contribution in [3.8, 4) is 5.69 Å². The second-order valence-electron chi connectivity index (χ2n) is 3.80. The van der Waals surface area contributed by atoms with Gasteiger partial charge in [0.15, 0.2) is 0 Å². The zero-order valence-electron chi connectivity index (χ0n) is 10.5. The van der Waals surface area contributed by atoms with E-state index >= 15 is 0 Å². The van der Waals surface area contributed by atoms with Gasteiger partial charge in [-0.15, -0.1) is 0 Å². The fourth-order valence-corrected chi connectivity index (χ4v) is 1.65. The highest BCUT2D eigenvalue weighted by atomic mass is 16.1. The molecule has 1 atom stereocenters. The van der Waals surface area contributed by atoms with Crippen LogP contribution in [0.3, 0.4) is 0 Å². The van der Waals surface area contributed by atoms with Gasteiger partial charge < -0.3 is 0 Å². The molecule has 0 bridgehead atoms. The van der Waals surface area contributed by atoms with Crippen molar-refractivity contribution in [1.82, 2.24) is 4.57 Å². The molecule has 0 N–H and O–H groups in total. The number of nitrogens with zero attached hydrogens (tertiary/aromatic N) is 1. The van der Waals surface area contributed by atoms with Crippen LogP contribution in [0.2, 0.25) is 0 Å². The number of pyridine rings is 1. The highest BCUT2D eigenvalue weighted by Gasteiger charge is 2.00. The third-order valence-corrected chi connectivity index (χ3v) is 2.55. The summed E-state index contributed by atoms with van der Waals surface area (Å²) in [5, 5.41) is 0. The van der Waals surface area contributed by atoms with Crippen molar-refractivity contribution in [3.63, 3.8) is 0 Å². The summed E-state index contributed by atoms with van der Waals surface area (Å²) in [5.41, 5.74) is 2.72. The Balaban J connectivity index is 2.58. The van der Waals surface area contributed by atoms with Crippen molar-refractivity contribution in [2.75, 3.05) is 0 Å². The third-order valence-electron chi connectivity index (χ3n) is 2.55. The van der Waals surface area contributed by atoms with Gasteiger partial charge in [0, 0.05) is 19.3 Å². The average molecular weight is 214 g/mol. The van der Waals surface area contributed by atoms with Gasteiger partial charge >= 0.3 is 0 Å². The van der Waals surface area contributed by atoms with E-state index in [1.165, 1.54) is 6.07 Å². The minimum atomic E-state index is -0.327. The van der Waals surface area contributed by atoms with E-state index in [2.05, 4.69) is 0 Å². The summed E-state index contributed by atoms with van der Waals surface area (Å²) >= 11 is 0. The molecule has 0 aliphatic carbocycles. The van der Waals surface area contributed by atoms with Crippen LogP contribution in [0.5, 0.6) is 0 Å². The molecular formula is C14H15NO. The molecular weight excluding hydrogens is 198 g/mol. The highest BCUT2D eigenvalue weighted by Crippen LogP contribution is 2.09. The van der Waals surface area contributed by atoms with Gasteiger partial charge in [-0.2, -0.15) is 0 Å². The molecule has 0 saturated carbocycles. The number of aromatic nitrogens is 1. The van der Waals surface area contributed by atoms with Gasteiger partial charge in [-0.05, 0) is 36.6 Å². The molecule has 0 aliphatic heterocycles. The number of benzene rings is 1. The molecule has 0 aliphatic rings. The van der Waals surface area contributed by atoms with Gasteiger partial charge in [-0.25, -0.2) is 0 Å². The van der Waals surface area contributed by atoms with E-state index in [0.29, 0.717) is 0 Å². The SMILES string of the molecule is [2H]C(C)c1ccc(=O)n(-c2cccc(C)c2)c1. The minimum Gasteiger partial charge on any atom is -0.284 e. The van der Waals surface area contributed by atoms with Crippen LogP contribution in [-0.4, -0.2) is 4.57 Å². The van der Waals surface area contributed by atoms with E-state index in [-0.39, 0.29) is 12.0 Å². The molecule has 1 heterocycles. The first-order valence-corrected chi connectivity index (χ1v) is 5.30. The minimum absolute atomic E-state index is 0.0694. The second kappa shape index (κ2) is 4.35. The molecule has 1 aromatic carbocycles. The van der Waals surface area contributed by atoms with Crippen LogP contribution in [0.4, 0.5) is 0 Å². The molecule has 1 aromatic heterocycles. The first-order chi connectivity index (χ1) is 8.08. The van der Waals surface area contributed by atoms with Gasteiger partial charge in [-0.3, -0.25) is 9.36 Å². The van der Waals surface area contributed by atoms with Crippen molar-refractivity contribution in [3.05, 3.63) is 64.1 Å². The Morgan fingerprint density at radius 1 is 1.31 bits per heavy atom. The van der Waals surface area contributed by atoms with Crippen LogP contribution in [-0.2, 0) is 6.40 Å². The second-order valence-corrected chi connectivity index (χ2v) is 3.80. The smallest absolute Gasteiger partial charge is 0.255 e. The molecule has 16 heavy (non-hydrogen) atoms. The first-order valence-electron chi connectivity index (χ1n) is 5.87. The number of hydrogen-bond acceptors (Lipinski definition) is 1. The van der Waals surface area contributed by atoms with Crippen LogP contribution < -0.4 is 5.56 Å². The van der Waals surface area contributed by atoms with E-state index in [4.69, 9.17) is 1.37 Å².